The maximum atomic E-state index is 13.0. The predicted octanol–water partition coefficient (Wildman–Crippen LogP) is 5.90. The molecule has 1 aromatic heterocycles. The van der Waals surface area contributed by atoms with E-state index in [1.54, 1.807) is 12.1 Å². The van der Waals surface area contributed by atoms with Crippen LogP contribution in [-0.4, -0.2) is 30.2 Å². The van der Waals surface area contributed by atoms with Gasteiger partial charge in [-0.25, -0.2) is 0 Å². The average molecular weight is 465 g/mol. The second-order valence-corrected chi connectivity index (χ2v) is 9.44. The molecule has 0 spiro atoms. The SMILES string of the molecule is COC(=O)C12CCC(OCc3c(-c4ccccc4OC(F)(F)F)noc3C3CC3)(CC1)CC2. The van der Waals surface area contributed by atoms with Gasteiger partial charge in [-0.1, -0.05) is 17.3 Å². The minimum atomic E-state index is -4.81. The fourth-order valence-electron chi connectivity index (χ4n) is 5.33. The number of carbonyl (C=O) groups excluding carboxylic acids is 1. The molecule has 0 atom stereocenters. The van der Waals surface area contributed by atoms with Crippen molar-refractivity contribution in [3.05, 3.63) is 35.6 Å². The Morgan fingerprint density at radius 3 is 2.39 bits per heavy atom. The van der Waals surface area contributed by atoms with Crippen molar-refractivity contribution >= 4 is 5.97 Å². The normalized spacial score (nSPS) is 26.9. The topological polar surface area (TPSA) is 70.8 Å². The lowest BCUT2D eigenvalue weighted by atomic mass is 9.58. The Morgan fingerprint density at radius 1 is 1.12 bits per heavy atom. The number of benzene rings is 1. The third-order valence-corrected chi connectivity index (χ3v) is 7.45. The van der Waals surface area contributed by atoms with Crippen molar-refractivity contribution in [3.63, 3.8) is 0 Å². The van der Waals surface area contributed by atoms with Gasteiger partial charge in [-0.15, -0.1) is 13.2 Å². The zero-order valence-electron chi connectivity index (χ0n) is 18.4. The van der Waals surface area contributed by atoms with Gasteiger partial charge in [0.25, 0.3) is 0 Å². The third kappa shape index (κ3) is 4.23. The summed E-state index contributed by atoms with van der Waals surface area (Å²) in [6.07, 6.45) is 1.48. The summed E-state index contributed by atoms with van der Waals surface area (Å²) >= 11 is 0. The lowest BCUT2D eigenvalue weighted by Gasteiger charge is -2.51. The number of aromatic nitrogens is 1. The Morgan fingerprint density at radius 2 is 1.79 bits per heavy atom. The van der Waals surface area contributed by atoms with Gasteiger partial charge in [0.15, 0.2) is 0 Å². The summed E-state index contributed by atoms with van der Waals surface area (Å²) in [5.74, 6) is 0.425. The number of para-hydroxylation sites is 1. The van der Waals surface area contributed by atoms with Crippen molar-refractivity contribution in [1.82, 2.24) is 5.16 Å². The number of ether oxygens (including phenoxy) is 3. The van der Waals surface area contributed by atoms with Crippen LogP contribution in [0.25, 0.3) is 11.3 Å². The Kier molecular flexibility index (Phi) is 5.42. The second-order valence-electron chi connectivity index (χ2n) is 9.44. The van der Waals surface area contributed by atoms with Gasteiger partial charge >= 0.3 is 12.3 Å². The van der Waals surface area contributed by atoms with Gasteiger partial charge in [0, 0.05) is 17.0 Å². The van der Waals surface area contributed by atoms with Crippen molar-refractivity contribution in [2.24, 2.45) is 5.41 Å². The molecule has 4 saturated carbocycles. The fraction of sp³-hybridized carbons (Fsp3) is 0.583. The van der Waals surface area contributed by atoms with E-state index in [0.29, 0.717) is 36.3 Å². The molecular formula is C24H26F3NO5. The van der Waals surface area contributed by atoms with Crippen molar-refractivity contribution in [1.29, 1.82) is 0 Å². The maximum absolute atomic E-state index is 13.0. The van der Waals surface area contributed by atoms with Crippen LogP contribution in [0.3, 0.4) is 0 Å². The van der Waals surface area contributed by atoms with Crippen molar-refractivity contribution in [3.8, 4) is 17.0 Å². The molecule has 0 amide bonds. The number of halogens is 3. The summed E-state index contributed by atoms with van der Waals surface area (Å²) in [4.78, 5) is 12.3. The quantitative estimate of drug-likeness (QED) is 0.474. The zero-order valence-corrected chi connectivity index (χ0v) is 18.4. The number of carbonyl (C=O) groups is 1. The molecule has 4 fully saturated rings. The van der Waals surface area contributed by atoms with Gasteiger partial charge in [-0.3, -0.25) is 4.79 Å². The van der Waals surface area contributed by atoms with E-state index in [4.69, 9.17) is 14.0 Å². The molecule has 33 heavy (non-hydrogen) atoms. The lowest BCUT2D eigenvalue weighted by molar-refractivity contribution is -0.274. The Bertz CT molecular complexity index is 1020. The molecule has 0 radical (unpaired) electrons. The Balaban J connectivity index is 1.40. The van der Waals surface area contributed by atoms with Gasteiger partial charge in [0.2, 0.25) is 0 Å². The molecule has 6 nitrogen and oxygen atoms in total. The summed E-state index contributed by atoms with van der Waals surface area (Å²) in [6, 6.07) is 5.94. The molecule has 2 bridgehead atoms. The molecule has 0 saturated heterocycles. The first-order valence-electron chi connectivity index (χ1n) is 11.3. The van der Waals surface area contributed by atoms with Gasteiger partial charge < -0.3 is 18.7 Å². The monoisotopic (exact) mass is 465 g/mol. The molecule has 0 aliphatic heterocycles. The third-order valence-electron chi connectivity index (χ3n) is 7.45. The zero-order chi connectivity index (χ0) is 23.3. The minimum Gasteiger partial charge on any atom is -0.469 e. The van der Waals surface area contributed by atoms with Crippen LogP contribution in [-0.2, 0) is 20.9 Å². The number of alkyl halides is 3. The molecule has 178 valence electrons. The Hall–Kier alpha value is -2.55. The minimum absolute atomic E-state index is 0.144. The van der Waals surface area contributed by atoms with Crippen LogP contribution in [0, 0.1) is 5.41 Å². The van der Waals surface area contributed by atoms with E-state index >= 15 is 0 Å². The van der Waals surface area contributed by atoms with E-state index in [2.05, 4.69) is 9.89 Å². The summed E-state index contributed by atoms with van der Waals surface area (Å²) in [5, 5.41) is 4.14. The first-order valence-corrected chi connectivity index (χ1v) is 11.3. The number of hydrogen-bond acceptors (Lipinski definition) is 6. The molecular weight excluding hydrogens is 439 g/mol. The summed E-state index contributed by atoms with van der Waals surface area (Å²) in [6.45, 7) is 0.191. The number of esters is 1. The van der Waals surface area contributed by atoms with E-state index < -0.39 is 11.8 Å². The van der Waals surface area contributed by atoms with E-state index in [1.807, 2.05) is 0 Å². The van der Waals surface area contributed by atoms with E-state index in [0.717, 1.165) is 32.1 Å². The average Bonchev–Trinajstić information content (AvgIpc) is 3.57. The molecule has 0 N–H and O–H groups in total. The molecule has 1 aromatic carbocycles. The number of nitrogens with zero attached hydrogens (tertiary/aromatic N) is 1. The summed E-state index contributed by atoms with van der Waals surface area (Å²) < 4.78 is 60.2. The first-order chi connectivity index (χ1) is 15.7. The second kappa shape index (κ2) is 8.04. The molecule has 4 aliphatic carbocycles. The van der Waals surface area contributed by atoms with Crippen molar-refractivity contribution < 1.29 is 36.7 Å². The fourth-order valence-corrected chi connectivity index (χ4v) is 5.33. The largest absolute Gasteiger partial charge is 0.573 e. The highest BCUT2D eigenvalue weighted by Gasteiger charge is 2.54. The van der Waals surface area contributed by atoms with E-state index in [1.165, 1.54) is 19.2 Å². The van der Waals surface area contributed by atoms with E-state index in [-0.39, 0.29) is 35.4 Å². The number of fused-ring (bicyclic) bond motifs is 3. The van der Waals surface area contributed by atoms with Crippen LogP contribution in [0.15, 0.2) is 28.8 Å². The van der Waals surface area contributed by atoms with Gasteiger partial charge in [-0.05, 0) is 63.5 Å². The molecule has 4 aliphatic rings. The standard InChI is InChI=1S/C24H26F3NO5/c1-30-21(29)22-8-11-23(12-9-22,13-10-22)31-14-17-19(28-33-20(17)15-6-7-15)16-4-2-3-5-18(16)32-24(25,26)27/h2-5,15H,6-14H2,1H3. The molecule has 6 rings (SSSR count). The smallest absolute Gasteiger partial charge is 0.469 e. The number of hydrogen-bond donors (Lipinski definition) is 0. The van der Waals surface area contributed by atoms with Crippen molar-refractivity contribution in [2.45, 2.75) is 75.9 Å². The van der Waals surface area contributed by atoms with Crippen molar-refractivity contribution in [2.75, 3.05) is 7.11 Å². The van der Waals surface area contributed by atoms with Crippen LogP contribution in [0.4, 0.5) is 13.2 Å². The molecule has 9 heteroatoms. The van der Waals surface area contributed by atoms with Gasteiger partial charge in [-0.2, -0.15) is 0 Å². The molecule has 2 aromatic rings. The highest BCUT2D eigenvalue weighted by atomic mass is 19.4. The van der Waals surface area contributed by atoms with Crippen LogP contribution in [0.5, 0.6) is 5.75 Å². The highest BCUT2D eigenvalue weighted by molar-refractivity contribution is 5.77. The van der Waals surface area contributed by atoms with Crippen LogP contribution >= 0.6 is 0 Å². The van der Waals surface area contributed by atoms with E-state index in [9.17, 15) is 18.0 Å². The van der Waals surface area contributed by atoms with Crippen LogP contribution in [0.2, 0.25) is 0 Å². The van der Waals surface area contributed by atoms with Gasteiger partial charge in [0.05, 0.1) is 24.7 Å². The van der Waals surface area contributed by atoms with Gasteiger partial charge in [0.1, 0.15) is 17.2 Å². The summed E-state index contributed by atoms with van der Waals surface area (Å²) in [7, 11) is 1.43. The molecule has 1 heterocycles. The summed E-state index contributed by atoms with van der Waals surface area (Å²) in [5.41, 5.74) is 0.463. The number of rotatable bonds is 7. The first kappa shape index (κ1) is 22.3. The highest BCUT2D eigenvalue weighted by Crippen LogP contribution is 2.55. The lowest BCUT2D eigenvalue weighted by Crippen LogP contribution is -2.51. The Labute approximate surface area is 189 Å². The maximum Gasteiger partial charge on any atom is 0.573 e. The predicted molar refractivity (Wildman–Crippen MR) is 110 cm³/mol. The number of methoxy groups -OCH3 is 1. The molecule has 0 unspecified atom stereocenters. The van der Waals surface area contributed by atoms with Crippen LogP contribution in [0.1, 0.15) is 68.6 Å². The van der Waals surface area contributed by atoms with Crippen LogP contribution < -0.4 is 4.74 Å².